The average molecular weight is 285 g/mol. The van der Waals surface area contributed by atoms with Gasteiger partial charge in [-0.3, -0.25) is 0 Å². The lowest BCUT2D eigenvalue weighted by atomic mass is 9.96. The smallest absolute Gasteiger partial charge is 0.147 e. The lowest BCUT2D eigenvalue weighted by Crippen LogP contribution is -2.17. The van der Waals surface area contributed by atoms with Crippen LogP contribution in [0.25, 0.3) is 0 Å². The topological polar surface area (TPSA) is 87.6 Å². The molecule has 2 rings (SSSR count). The minimum Gasteiger partial charge on any atom is -0.384 e. The van der Waals surface area contributed by atoms with Crippen LogP contribution in [0.3, 0.4) is 0 Å². The van der Waals surface area contributed by atoms with Gasteiger partial charge in [-0.15, -0.1) is 0 Å². The second-order valence-corrected chi connectivity index (χ2v) is 5.68. The van der Waals surface area contributed by atoms with Crippen molar-refractivity contribution in [1.82, 2.24) is 9.97 Å². The van der Waals surface area contributed by atoms with E-state index in [0.29, 0.717) is 17.5 Å². The molecule has 1 aromatic carbocycles. The van der Waals surface area contributed by atoms with Crippen LogP contribution in [-0.4, -0.2) is 9.97 Å². The number of nitrogens with two attached hydrogens (primary N) is 1. The molecule has 5 nitrogen and oxygen atoms in total. The van der Waals surface area contributed by atoms with Crippen LogP contribution < -0.4 is 11.1 Å². The van der Waals surface area contributed by atoms with Crippen LogP contribution in [0, 0.1) is 17.1 Å². The summed E-state index contributed by atoms with van der Waals surface area (Å²) in [6.07, 6.45) is 0. The van der Waals surface area contributed by atoms with Gasteiger partial charge in [0.25, 0.3) is 0 Å². The van der Waals surface area contributed by atoms with Gasteiger partial charge in [0.15, 0.2) is 0 Å². The predicted molar refractivity (Wildman–Crippen MR) is 79.5 cm³/mol. The van der Waals surface area contributed by atoms with Crippen LogP contribution in [-0.2, 0) is 5.41 Å². The van der Waals surface area contributed by atoms with E-state index in [0.717, 1.165) is 6.07 Å². The first kappa shape index (κ1) is 14.7. The van der Waals surface area contributed by atoms with E-state index in [1.165, 1.54) is 18.2 Å². The molecule has 0 saturated heterocycles. The van der Waals surface area contributed by atoms with Crippen molar-refractivity contribution in [3.63, 3.8) is 0 Å². The molecule has 0 amide bonds. The Balaban J connectivity index is 2.36. The monoisotopic (exact) mass is 285 g/mol. The molecule has 0 atom stereocenters. The van der Waals surface area contributed by atoms with Gasteiger partial charge in [0, 0.05) is 11.5 Å². The zero-order valence-corrected chi connectivity index (χ0v) is 12.1. The highest BCUT2D eigenvalue weighted by Crippen LogP contribution is 2.24. The summed E-state index contributed by atoms with van der Waals surface area (Å²) >= 11 is 0. The Morgan fingerprint density at radius 3 is 2.52 bits per heavy atom. The largest absolute Gasteiger partial charge is 0.384 e. The molecule has 2 aromatic rings. The van der Waals surface area contributed by atoms with Crippen molar-refractivity contribution in [3.8, 4) is 6.07 Å². The van der Waals surface area contributed by atoms with Crippen molar-refractivity contribution < 1.29 is 4.39 Å². The van der Waals surface area contributed by atoms with Gasteiger partial charge in [-0.05, 0) is 18.2 Å². The van der Waals surface area contributed by atoms with E-state index >= 15 is 0 Å². The number of aromatic nitrogens is 2. The van der Waals surface area contributed by atoms with Gasteiger partial charge < -0.3 is 11.1 Å². The zero-order valence-electron chi connectivity index (χ0n) is 12.1. The van der Waals surface area contributed by atoms with Gasteiger partial charge in [0.05, 0.1) is 17.3 Å². The Hall–Kier alpha value is -2.68. The molecule has 0 aliphatic carbocycles. The highest BCUT2D eigenvalue weighted by Gasteiger charge is 2.19. The number of nitrogens with one attached hydrogen (secondary N) is 1. The van der Waals surface area contributed by atoms with Crippen molar-refractivity contribution in [1.29, 1.82) is 5.26 Å². The SMILES string of the molecule is CC(C)(C)c1nc(N)cc(Nc2ccc(C#N)cc2F)n1. The predicted octanol–water partition coefficient (Wildman–Crippen LogP) is 3.11. The van der Waals surface area contributed by atoms with Crippen LogP contribution >= 0.6 is 0 Å². The molecule has 0 aliphatic heterocycles. The fourth-order valence-corrected chi connectivity index (χ4v) is 1.69. The minimum absolute atomic E-state index is 0.229. The third-order valence-corrected chi connectivity index (χ3v) is 2.78. The third kappa shape index (κ3) is 3.45. The van der Waals surface area contributed by atoms with Gasteiger partial charge in [0.1, 0.15) is 23.3 Å². The standard InChI is InChI=1S/C15H16FN5/c1-15(2,3)14-20-12(18)7-13(21-14)19-11-5-4-9(8-17)6-10(11)16/h4-7H,1-3H3,(H3,18,19,20,21). The lowest BCUT2D eigenvalue weighted by Gasteiger charge is -2.18. The first-order chi connectivity index (χ1) is 9.79. The molecule has 21 heavy (non-hydrogen) atoms. The maximum Gasteiger partial charge on any atom is 0.147 e. The molecule has 0 spiro atoms. The first-order valence-corrected chi connectivity index (χ1v) is 6.41. The van der Waals surface area contributed by atoms with Crippen LogP contribution in [0.1, 0.15) is 32.2 Å². The summed E-state index contributed by atoms with van der Waals surface area (Å²) in [5.41, 5.74) is 5.99. The number of nitrogen functional groups attached to an aromatic ring is 1. The number of nitriles is 1. The molecule has 0 radical (unpaired) electrons. The van der Waals surface area contributed by atoms with Crippen LogP contribution in [0.2, 0.25) is 0 Å². The highest BCUT2D eigenvalue weighted by atomic mass is 19.1. The Morgan fingerprint density at radius 1 is 1.24 bits per heavy atom. The van der Waals surface area contributed by atoms with Crippen LogP contribution in [0.5, 0.6) is 0 Å². The Labute approximate surface area is 122 Å². The van der Waals surface area contributed by atoms with E-state index in [2.05, 4.69) is 15.3 Å². The first-order valence-electron chi connectivity index (χ1n) is 6.41. The molecule has 0 saturated carbocycles. The molecule has 0 aliphatic rings. The van der Waals surface area contributed by atoms with Crippen molar-refractivity contribution in [3.05, 3.63) is 41.5 Å². The molecule has 0 fully saturated rings. The van der Waals surface area contributed by atoms with Crippen molar-refractivity contribution in [2.75, 3.05) is 11.1 Å². The van der Waals surface area contributed by atoms with Gasteiger partial charge in [-0.25, -0.2) is 14.4 Å². The van der Waals surface area contributed by atoms with Gasteiger partial charge >= 0.3 is 0 Å². The number of hydrogen-bond acceptors (Lipinski definition) is 5. The molecule has 6 heteroatoms. The van der Waals surface area contributed by atoms with Crippen molar-refractivity contribution in [2.24, 2.45) is 0 Å². The number of rotatable bonds is 2. The highest BCUT2D eigenvalue weighted by molar-refractivity contribution is 5.60. The normalized spacial score (nSPS) is 11.0. The van der Waals surface area contributed by atoms with Gasteiger partial charge in [-0.1, -0.05) is 20.8 Å². The number of benzene rings is 1. The molecule has 108 valence electrons. The van der Waals surface area contributed by atoms with E-state index in [4.69, 9.17) is 11.0 Å². The molecular formula is C15H16FN5. The minimum atomic E-state index is -0.524. The summed E-state index contributed by atoms with van der Waals surface area (Å²) in [5, 5.41) is 11.6. The molecule has 0 unspecified atom stereocenters. The van der Waals surface area contributed by atoms with E-state index in [1.54, 1.807) is 0 Å². The second-order valence-electron chi connectivity index (χ2n) is 5.68. The lowest BCUT2D eigenvalue weighted by molar-refractivity contribution is 0.547. The van der Waals surface area contributed by atoms with Crippen LogP contribution in [0.4, 0.5) is 21.7 Å². The number of halogens is 1. The van der Waals surface area contributed by atoms with E-state index in [-0.39, 0.29) is 16.7 Å². The molecular weight excluding hydrogens is 269 g/mol. The molecule has 3 N–H and O–H groups in total. The molecule has 0 bridgehead atoms. The summed E-state index contributed by atoms with van der Waals surface area (Å²) in [5.74, 6) is 0.769. The number of nitrogens with zero attached hydrogens (tertiary/aromatic N) is 3. The number of anilines is 3. The Morgan fingerprint density at radius 2 is 1.95 bits per heavy atom. The molecule has 1 heterocycles. The Kier molecular flexibility index (Phi) is 3.76. The number of hydrogen-bond donors (Lipinski definition) is 2. The quantitative estimate of drug-likeness (QED) is 0.885. The van der Waals surface area contributed by atoms with Gasteiger partial charge in [-0.2, -0.15) is 5.26 Å². The average Bonchev–Trinajstić information content (AvgIpc) is 2.39. The summed E-state index contributed by atoms with van der Waals surface area (Å²) in [6, 6.07) is 7.60. The zero-order chi connectivity index (χ0) is 15.6. The third-order valence-electron chi connectivity index (χ3n) is 2.78. The van der Waals surface area contributed by atoms with Crippen LogP contribution in [0.15, 0.2) is 24.3 Å². The second kappa shape index (κ2) is 5.37. The summed E-state index contributed by atoms with van der Waals surface area (Å²) < 4.78 is 13.9. The van der Waals surface area contributed by atoms with E-state index < -0.39 is 5.82 Å². The fraction of sp³-hybridized carbons (Fsp3) is 0.267. The maximum atomic E-state index is 13.9. The summed E-state index contributed by atoms with van der Waals surface area (Å²) in [7, 11) is 0. The maximum absolute atomic E-state index is 13.9. The van der Waals surface area contributed by atoms with Crippen molar-refractivity contribution >= 4 is 17.3 Å². The Bertz CT molecular complexity index is 713. The van der Waals surface area contributed by atoms with Crippen molar-refractivity contribution in [2.45, 2.75) is 26.2 Å². The summed E-state index contributed by atoms with van der Waals surface area (Å²) in [6.45, 7) is 5.90. The van der Waals surface area contributed by atoms with E-state index in [1.807, 2.05) is 26.8 Å². The summed E-state index contributed by atoms with van der Waals surface area (Å²) in [4.78, 5) is 8.54. The fourth-order valence-electron chi connectivity index (χ4n) is 1.69. The van der Waals surface area contributed by atoms with E-state index in [9.17, 15) is 4.39 Å². The molecule has 1 aromatic heterocycles. The van der Waals surface area contributed by atoms with Gasteiger partial charge in [0.2, 0.25) is 0 Å².